The first-order valence-electron chi connectivity index (χ1n) is 4.61. The van der Waals surface area contributed by atoms with Crippen molar-refractivity contribution in [2.45, 2.75) is 38.6 Å². The van der Waals surface area contributed by atoms with Crippen LogP contribution >= 0.6 is 0 Å². The zero-order chi connectivity index (χ0) is 9.23. The largest absolute Gasteiger partial charge is 0.396 e. The van der Waals surface area contributed by atoms with Gasteiger partial charge in [-0.05, 0) is 26.3 Å². The fourth-order valence-electron chi connectivity index (χ4n) is 0.968. The number of aliphatic hydroxyl groups is 1. The second-order valence-electron chi connectivity index (χ2n) is 2.98. The van der Waals surface area contributed by atoms with Crippen molar-refractivity contribution < 1.29 is 5.11 Å². The van der Waals surface area contributed by atoms with Gasteiger partial charge in [-0.3, -0.25) is 0 Å². The first-order chi connectivity index (χ1) is 5.81. The Labute approximate surface area is 75.4 Å². The minimum atomic E-state index is 0.183. The summed E-state index contributed by atoms with van der Waals surface area (Å²) in [4.78, 5) is 0. The predicted molar refractivity (Wildman–Crippen MR) is 51.9 cm³/mol. The maximum atomic E-state index is 8.51. The molecule has 0 rings (SSSR count). The van der Waals surface area contributed by atoms with Crippen LogP contribution in [0, 0.1) is 12.3 Å². The topological polar surface area (TPSA) is 32.3 Å². The zero-order valence-corrected chi connectivity index (χ0v) is 7.84. The van der Waals surface area contributed by atoms with Gasteiger partial charge in [0.1, 0.15) is 0 Å². The normalized spacial score (nSPS) is 12.4. The third kappa shape index (κ3) is 7.59. The van der Waals surface area contributed by atoms with Crippen LogP contribution in [-0.2, 0) is 0 Å². The van der Waals surface area contributed by atoms with Crippen molar-refractivity contribution in [1.29, 1.82) is 0 Å². The van der Waals surface area contributed by atoms with E-state index in [0.717, 1.165) is 25.8 Å². The van der Waals surface area contributed by atoms with Gasteiger partial charge in [-0.2, -0.15) is 0 Å². The lowest BCUT2D eigenvalue weighted by Crippen LogP contribution is -2.25. The maximum Gasteiger partial charge on any atom is 0.0658 e. The van der Waals surface area contributed by atoms with Gasteiger partial charge in [-0.1, -0.05) is 18.8 Å². The highest BCUT2D eigenvalue weighted by Crippen LogP contribution is 1.97. The lowest BCUT2D eigenvalue weighted by atomic mass is 10.2. The fourth-order valence-corrected chi connectivity index (χ4v) is 0.968. The highest BCUT2D eigenvalue weighted by atomic mass is 16.2. The van der Waals surface area contributed by atoms with E-state index < -0.39 is 0 Å². The van der Waals surface area contributed by atoms with Crippen LogP contribution < -0.4 is 5.32 Å². The Morgan fingerprint density at radius 2 is 2.00 bits per heavy atom. The van der Waals surface area contributed by atoms with E-state index in [1.807, 2.05) is 6.92 Å². The third-order valence-corrected chi connectivity index (χ3v) is 1.79. The van der Waals surface area contributed by atoms with Gasteiger partial charge in [0.05, 0.1) is 6.04 Å². The van der Waals surface area contributed by atoms with Crippen LogP contribution in [-0.4, -0.2) is 24.3 Å². The Balaban J connectivity index is 2.96. The van der Waals surface area contributed by atoms with Crippen molar-refractivity contribution in [3.63, 3.8) is 0 Å². The number of hydrogen-bond acceptors (Lipinski definition) is 2. The molecule has 0 aliphatic heterocycles. The van der Waals surface area contributed by atoms with Crippen molar-refractivity contribution in [2.75, 3.05) is 13.2 Å². The van der Waals surface area contributed by atoms with Crippen LogP contribution in [0.3, 0.4) is 0 Å². The molecule has 0 spiro atoms. The van der Waals surface area contributed by atoms with E-state index in [9.17, 15) is 0 Å². The lowest BCUT2D eigenvalue weighted by Gasteiger charge is -2.06. The average molecular weight is 169 g/mol. The van der Waals surface area contributed by atoms with E-state index in [0.29, 0.717) is 6.61 Å². The molecule has 1 unspecified atom stereocenters. The van der Waals surface area contributed by atoms with Crippen LogP contribution in [0.15, 0.2) is 0 Å². The molecule has 0 heterocycles. The van der Waals surface area contributed by atoms with Crippen LogP contribution in [0.4, 0.5) is 0 Å². The van der Waals surface area contributed by atoms with Crippen molar-refractivity contribution in [1.82, 2.24) is 5.32 Å². The monoisotopic (exact) mass is 169 g/mol. The standard InChI is InChI=1S/C10H19NO/c1-3-10(2)11-8-6-4-5-7-9-12/h1,10-12H,4-9H2,2H3. The molecule has 0 amide bonds. The summed E-state index contributed by atoms with van der Waals surface area (Å²) in [6, 6.07) is 0.183. The van der Waals surface area contributed by atoms with E-state index in [-0.39, 0.29) is 6.04 Å². The molecule has 0 aromatic carbocycles. The number of nitrogens with one attached hydrogen (secondary N) is 1. The molecule has 0 saturated heterocycles. The Hall–Kier alpha value is -0.520. The van der Waals surface area contributed by atoms with Crippen LogP contribution in [0.5, 0.6) is 0 Å². The highest BCUT2D eigenvalue weighted by molar-refractivity contribution is 4.95. The highest BCUT2D eigenvalue weighted by Gasteiger charge is 1.93. The summed E-state index contributed by atoms with van der Waals surface area (Å²) in [5.74, 6) is 2.62. The van der Waals surface area contributed by atoms with Gasteiger partial charge in [0.15, 0.2) is 0 Å². The quantitative estimate of drug-likeness (QED) is 0.442. The van der Waals surface area contributed by atoms with E-state index in [1.54, 1.807) is 0 Å². The molecular formula is C10H19NO. The smallest absolute Gasteiger partial charge is 0.0658 e. The maximum absolute atomic E-state index is 8.51. The number of hydrogen-bond donors (Lipinski definition) is 2. The Bertz CT molecular complexity index is 128. The SMILES string of the molecule is C#CC(C)NCCCCCCO. The molecule has 0 bridgehead atoms. The van der Waals surface area contributed by atoms with Gasteiger partial charge in [-0.25, -0.2) is 0 Å². The molecule has 2 N–H and O–H groups in total. The molecule has 70 valence electrons. The summed E-state index contributed by atoms with van der Waals surface area (Å²) in [5, 5.41) is 11.7. The molecule has 1 atom stereocenters. The minimum absolute atomic E-state index is 0.183. The molecule has 0 aromatic heterocycles. The summed E-state index contributed by atoms with van der Waals surface area (Å²) in [6.07, 6.45) is 9.54. The molecular weight excluding hydrogens is 150 g/mol. The number of rotatable bonds is 7. The number of unbranched alkanes of at least 4 members (excludes halogenated alkanes) is 3. The van der Waals surface area contributed by atoms with Crippen LogP contribution in [0.2, 0.25) is 0 Å². The van der Waals surface area contributed by atoms with E-state index in [1.165, 1.54) is 6.42 Å². The number of terminal acetylenes is 1. The van der Waals surface area contributed by atoms with Gasteiger partial charge in [-0.15, -0.1) is 6.42 Å². The summed E-state index contributed by atoms with van der Waals surface area (Å²) < 4.78 is 0. The van der Waals surface area contributed by atoms with Gasteiger partial charge < -0.3 is 10.4 Å². The van der Waals surface area contributed by atoms with Crippen molar-refractivity contribution in [2.24, 2.45) is 0 Å². The molecule has 0 aliphatic carbocycles. The van der Waals surface area contributed by atoms with Gasteiger partial charge in [0, 0.05) is 6.61 Å². The first-order valence-corrected chi connectivity index (χ1v) is 4.61. The molecule has 0 saturated carbocycles. The molecule has 12 heavy (non-hydrogen) atoms. The zero-order valence-electron chi connectivity index (χ0n) is 7.84. The van der Waals surface area contributed by atoms with E-state index in [4.69, 9.17) is 11.5 Å². The van der Waals surface area contributed by atoms with E-state index >= 15 is 0 Å². The van der Waals surface area contributed by atoms with Crippen molar-refractivity contribution in [3.05, 3.63) is 0 Å². The van der Waals surface area contributed by atoms with E-state index in [2.05, 4.69) is 11.2 Å². The Morgan fingerprint density at radius 3 is 2.58 bits per heavy atom. The Morgan fingerprint density at radius 1 is 1.33 bits per heavy atom. The second kappa shape index (κ2) is 8.58. The molecule has 0 fully saturated rings. The molecule has 0 radical (unpaired) electrons. The summed E-state index contributed by atoms with van der Waals surface area (Å²) in [7, 11) is 0. The summed E-state index contributed by atoms with van der Waals surface area (Å²) in [5.41, 5.74) is 0. The molecule has 0 aliphatic rings. The third-order valence-electron chi connectivity index (χ3n) is 1.79. The summed E-state index contributed by atoms with van der Waals surface area (Å²) >= 11 is 0. The minimum Gasteiger partial charge on any atom is -0.396 e. The molecule has 2 heteroatoms. The molecule has 2 nitrogen and oxygen atoms in total. The summed E-state index contributed by atoms with van der Waals surface area (Å²) in [6.45, 7) is 3.28. The first kappa shape index (κ1) is 11.5. The van der Waals surface area contributed by atoms with Gasteiger partial charge in [0.25, 0.3) is 0 Å². The fraction of sp³-hybridized carbons (Fsp3) is 0.800. The van der Waals surface area contributed by atoms with Crippen molar-refractivity contribution in [3.8, 4) is 12.3 Å². The number of aliphatic hydroxyl groups excluding tert-OH is 1. The molecule has 0 aromatic rings. The average Bonchev–Trinajstić information content (AvgIpc) is 2.10. The Kier molecular flexibility index (Phi) is 8.20. The van der Waals surface area contributed by atoms with Crippen LogP contribution in [0.1, 0.15) is 32.6 Å². The van der Waals surface area contributed by atoms with Gasteiger partial charge >= 0.3 is 0 Å². The second-order valence-corrected chi connectivity index (χ2v) is 2.98. The van der Waals surface area contributed by atoms with Gasteiger partial charge in [0.2, 0.25) is 0 Å². The van der Waals surface area contributed by atoms with Crippen LogP contribution in [0.25, 0.3) is 0 Å². The predicted octanol–water partition coefficient (Wildman–Crippen LogP) is 1.15. The lowest BCUT2D eigenvalue weighted by molar-refractivity contribution is 0.282. The van der Waals surface area contributed by atoms with Crippen molar-refractivity contribution >= 4 is 0 Å².